The lowest BCUT2D eigenvalue weighted by Crippen LogP contribution is -2.34. The van der Waals surface area contributed by atoms with Crippen LogP contribution in [-0.2, 0) is 6.42 Å². The van der Waals surface area contributed by atoms with E-state index in [-0.39, 0.29) is 11.9 Å². The van der Waals surface area contributed by atoms with Crippen molar-refractivity contribution in [2.45, 2.75) is 31.7 Å². The minimum Gasteiger partial charge on any atom is -0.465 e. The summed E-state index contributed by atoms with van der Waals surface area (Å²) in [6, 6.07) is 9.50. The molecule has 0 saturated carbocycles. The summed E-state index contributed by atoms with van der Waals surface area (Å²) in [7, 11) is 0. The third kappa shape index (κ3) is 5.30. The molecular formula is C19H25N5O3. The molecule has 2 heterocycles. The SMILES string of the molecule is Nc1ccn(-c2ccc(CCN3CCCC(NC(=O)O)CC3)cc2)c(=O)n1. The number of nitrogen functional groups attached to an aromatic ring is 1. The van der Waals surface area contributed by atoms with Gasteiger partial charge in [-0.3, -0.25) is 4.57 Å². The summed E-state index contributed by atoms with van der Waals surface area (Å²) in [6.45, 7) is 2.82. The molecule has 0 bridgehead atoms. The zero-order valence-electron chi connectivity index (χ0n) is 15.2. The summed E-state index contributed by atoms with van der Waals surface area (Å²) in [5, 5.41) is 11.4. The Kier molecular flexibility index (Phi) is 6.08. The number of nitrogens with two attached hydrogens (primary N) is 1. The highest BCUT2D eigenvalue weighted by Crippen LogP contribution is 2.13. The molecule has 1 aliphatic rings. The van der Waals surface area contributed by atoms with Gasteiger partial charge in [-0.2, -0.15) is 4.98 Å². The molecule has 3 rings (SSSR count). The zero-order valence-corrected chi connectivity index (χ0v) is 15.2. The molecule has 1 unspecified atom stereocenters. The van der Waals surface area contributed by atoms with Crippen molar-refractivity contribution in [1.82, 2.24) is 19.8 Å². The van der Waals surface area contributed by atoms with Crippen LogP contribution >= 0.6 is 0 Å². The molecule has 0 aliphatic carbocycles. The van der Waals surface area contributed by atoms with E-state index in [1.165, 1.54) is 10.1 Å². The van der Waals surface area contributed by atoms with Gasteiger partial charge in [0, 0.05) is 25.3 Å². The van der Waals surface area contributed by atoms with Crippen LogP contribution in [0.15, 0.2) is 41.3 Å². The van der Waals surface area contributed by atoms with Crippen LogP contribution in [0.3, 0.4) is 0 Å². The van der Waals surface area contributed by atoms with Crippen molar-refractivity contribution < 1.29 is 9.90 Å². The van der Waals surface area contributed by atoms with E-state index in [0.717, 1.165) is 51.0 Å². The lowest BCUT2D eigenvalue weighted by Gasteiger charge is -2.20. The molecule has 4 N–H and O–H groups in total. The lowest BCUT2D eigenvalue weighted by molar-refractivity contribution is 0.188. The summed E-state index contributed by atoms with van der Waals surface area (Å²) >= 11 is 0. The van der Waals surface area contributed by atoms with Crippen LogP contribution in [0.2, 0.25) is 0 Å². The molecule has 1 aromatic carbocycles. The Morgan fingerprint density at radius 3 is 2.70 bits per heavy atom. The number of hydrogen-bond acceptors (Lipinski definition) is 5. The third-order valence-corrected chi connectivity index (χ3v) is 4.90. The van der Waals surface area contributed by atoms with Gasteiger partial charge in [0.2, 0.25) is 0 Å². The average molecular weight is 371 g/mol. The quantitative estimate of drug-likeness (QED) is 0.734. The van der Waals surface area contributed by atoms with E-state index in [0.29, 0.717) is 0 Å². The van der Waals surface area contributed by atoms with E-state index in [4.69, 9.17) is 10.8 Å². The average Bonchev–Trinajstić information content (AvgIpc) is 2.85. The number of carbonyl (C=O) groups is 1. The first-order valence-electron chi connectivity index (χ1n) is 9.17. The predicted octanol–water partition coefficient (Wildman–Crippen LogP) is 1.48. The number of hydrogen-bond donors (Lipinski definition) is 3. The van der Waals surface area contributed by atoms with Crippen molar-refractivity contribution in [1.29, 1.82) is 0 Å². The number of anilines is 1. The van der Waals surface area contributed by atoms with Crippen LogP contribution in [0, 0.1) is 0 Å². The lowest BCUT2D eigenvalue weighted by atomic mass is 10.1. The Balaban J connectivity index is 1.54. The zero-order chi connectivity index (χ0) is 19.2. The second kappa shape index (κ2) is 8.68. The second-order valence-corrected chi connectivity index (χ2v) is 6.84. The number of rotatable bonds is 5. The summed E-state index contributed by atoms with van der Waals surface area (Å²) in [5.41, 5.74) is 7.08. The summed E-state index contributed by atoms with van der Waals surface area (Å²) in [5.74, 6) is 0.214. The van der Waals surface area contributed by atoms with Gasteiger partial charge in [-0.1, -0.05) is 12.1 Å². The first-order valence-corrected chi connectivity index (χ1v) is 9.17. The van der Waals surface area contributed by atoms with Gasteiger partial charge < -0.3 is 21.1 Å². The third-order valence-electron chi connectivity index (χ3n) is 4.90. The fraction of sp³-hybridized carbons (Fsp3) is 0.421. The highest BCUT2D eigenvalue weighted by molar-refractivity contribution is 5.64. The number of aromatic nitrogens is 2. The molecule has 2 aromatic rings. The number of amides is 1. The molecule has 1 atom stereocenters. The fourth-order valence-electron chi connectivity index (χ4n) is 3.42. The number of likely N-dealkylation sites (tertiary alicyclic amines) is 1. The molecule has 1 aliphatic heterocycles. The number of nitrogens with one attached hydrogen (secondary N) is 1. The van der Waals surface area contributed by atoms with Gasteiger partial charge in [0.25, 0.3) is 0 Å². The number of benzene rings is 1. The monoisotopic (exact) mass is 371 g/mol. The van der Waals surface area contributed by atoms with Gasteiger partial charge in [-0.15, -0.1) is 0 Å². The second-order valence-electron chi connectivity index (χ2n) is 6.84. The van der Waals surface area contributed by atoms with Crippen LogP contribution in [-0.4, -0.2) is 51.3 Å². The molecule has 1 fully saturated rings. The highest BCUT2D eigenvalue weighted by Gasteiger charge is 2.18. The van der Waals surface area contributed by atoms with Crippen molar-refractivity contribution in [3.05, 3.63) is 52.6 Å². The van der Waals surface area contributed by atoms with Crippen LogP contribution in [0.4, 0.5) is 10.6 Å². The van der Waals surface area contributed by atoms with E-state index in [2.05, 4.69) is 15.2 Å². The molecule has 0 radical (unpaired) electrons. The summed E-state index contributed by atoms with van der Waals surface area (Å²) in [6.07, 6.45) is 4.32. The van der Waals surface area contributed by atoms with E-state index < -0.39 is 11.8 Å². The maximum atomic E-state index is 11.9. The summed E-state index contributed by atoms with van der Waals surface area (Å²) < 4.78 is 1.46. The molecule has 1 aromatic heterocycles. The van der Waals surface area contributed by atoms with Crippen molar-refractivity contribution in [2.75, 3.05) is 25.4 Å². The van der Waals surface area contributed by atoms with Crippen molar-refractivity contribution in [2.24, 2.45) is 0 Å². The van der Waals surface area contributed by atoms with Crippen molar-refractivity contribution in [3.63, 3.8) is 0 Å². The Morgan fingerprint density at radius 1 is 1.22 bits per heavy atom. The normalized spacial score (nSPS) is 18.0. The maximum Gasteiger partial charge on any atom is 0.404 e. The van der Waals surface area contributed by atoms with Gasteiger partial charge in [-0.05, 0) is 56.0 Å². The van der Waals surface area contributed by atoms with Crippen molar-refractivity contribution in [3.8, 4) is 5.69 Å². The Bertz CT molecular complexity index is 834. The Labute approximate surface area is 157 Å². The largest absolute Gasteiger partial charge is 0.465 e. The number of nitrogens with zero attached hydrogens (tertiary/aromatic N) is 3. The van der Waals surface area contributed by atoms with E-state index in [1.54, 1.807) is 12.3 Å². The van der Waals surface area contributed by atoms with E-state index in [9.17, 15) is 9.59 Å². The molecule has 8 nitrogen and oxygen atoms in total. The molecule has 1 amide bonds. The van der Waals surface area contributed by atoms with Crippen LogP contribution in [0.5, 0.6) is 0 Å². The molecular weight excluding hydrogens is 346 g/mol. The summed E-state index contributed by atoms with van der Waals surface area (Å²) in [4.78, 5) is 28.8. The van der Waals surface area contributed by atoms with Gasteiger partial charge in [0.1, 0.15) is 5.82 Å². The molecule has 144 valence electrons. The van der Waals surface area contributed by atoms with Crippen LogP contribution in [0.1, 0.15) is 24.8 Å². The minimum atomic E-state index is -0.941. The van der Waals surface area contributed by atoms with Crippen LogP contribution < -0.4 is 16.7 Å². The van der Waals surface area contributed by atoms with Gasteiger partial charge in [-0.25, -0.2) is 9.59 Å². The maximum absolute atomic E-state index is 11.9. The first-order chi connectivity index (χ1) is 13.0. The van der Waals surface area contributed by atoms with Crippen molar-refractivity contribution >= 4 is 11.9 Å². The van der Waals surface area contributed by atoms with E-state index >= 15 is 0 Å². The van der Waals surface area contributed by atoms with Crippen LogP contribution in [0.25, 0.3) is 5.69 Å². The first kappa shape index (κ1) is 18.9. The Hall–Kier alpha value is -2.87. The highest BCUT2D eigenvalue weighted by atomic mass is 16.4. The van der Waals surface area contributed by atoms with Gasteiger partial charge in [0.05, 0.1) is 5.69 Å². The molecule has 8 heteroatoms. The topological polar surface area (TPSA) is 113 Å². The molecule has 1 saturated heterocycles. The molecule has 0 spiro atoms. The van der Waals surface area contributed by atoms with Gasteiger partial charge in [0.15, 0.2) is 0 Å². The smallest absolute Gasteiger partial charge is 0.404 e. The number of carboxylic acid groups (broad SMARTS) is 1. The fourth-order valence-corrected chi connectivity index (χ4v) is 3.42. The minimum absolute atomic E-state index is 0.0543. The predicted molar refractivity (Wildman–Crippen MR) is 103 cm³/mol. The standard InChI is InChI=1S/C19H25N5O3/c20-17-9-13-24(18(25)22-17)16-5-3-14(4-6-16)7-11-23-10-1-2-15(8-12-23)21-19(26)27/h3-6,9,13,15,21H,1-2,7-8,10-12H2,(H,26,27)(H2,20,22,25). The van der Waals surface area contributed by atoms with Gasteiger partial charge >= 0.3 is 11.8 Å². The molecule has 27 heavy (non-hydrogen) atoms. The van der Waals surface area contributed by atoms with E-state index in [1.807, 2.05) is 24.3 Å². The Morgan fingerprint density at radius 2 is 2.00 bits per heavy atom.